The van der Waals surface area contributed by atoms with E-state index < -0.39 is 34.3 Å². The number of carbonyl (C=O) groups is 1. The second-order valence-corrected chi connectivity index (χ2v) is 11.7. The molecule has 1 atom stereocenters. The zero-order valence-electron chi connectivity index (χ0n) is 20.2. The van der Waals surface area contributed by atoms with E-state index in [0.29, 0.717) is 50.5 Å². The van der Waals surface area contributed by atoms with E-state index in [1.54, 1.807) is 6.07 Å². The molecule has 1 saturated carbocycles. The van der Waals surface area contributed by atoms with Crippen molar-refractivity contribution in [2.24, 2.45) is 10.8 Å². The third kappa shape index (κ3) is 4.95. The van der Waals surface area contributed by atoms with Crippen LogP contribution in [-0.4, -0.2) is 70.3 Å². The Balaban J connectivity index is 1.51. The predicted molar refractivity (Wildman–Crippen MR) is 118 cm³/mol. The molecule has 0 spiro atoms. The van der Waals surface area contributed by atoms with Crippen LogP contribution in [0.2, 0.25) is 0 Å². The van der Waals surface area contributed by atoms with Gasteiger partial charge in [-0.25, -0.2) is 0 Å². The molecule has 7 nitrogen and oxygen atoms in total. The van der Waals surface area contributed by atoms with Crippen molar-refractivity contribution in [3.8, 4) is 0 Å². The van der Waals surface area contributed by atoms with E-state index in [1.807, 2.05) is 27.7 Å². The molecule has 2 aliphatic heterocycles. The summed E-state index contributed by atoms with van der Waals surface area (Å²) in [7, 11) is 0. The van der Waals surface area contributed by atoms with Gasteiger partial charge < -0.3 is 19.3 Å². The monoisotopic (exact) mass is 469 g/mol. The Hall–Kier alpha value is -1.58. The molecule has 2 saturated heterocycles. The lowest BCUT2D eigenvalue weighted by atomic mass is 9.58. The van der Waals surface area contributed by atoms with Gasteiger partial charge in [0.2, 0.25) is 0 Å². The van der Waals surface area contributed by atoms with Crippen LogP contribution in [0.15, 0.2) is 10.6 Å². The fourth-order valence-electron chi connectivity index (χ4n) is 6.53. The second kappa shape index (κ2) is 8.57. The molecular weight excluding hydrogens is 432 g/mol. The van der Waals surface area contributed by atoms with E-state index in [9.17, 15) is 9.90 Å². The summed E-state index contributed by atoms with van der Waals surface area (Å²) in [5, 5.41) is 15.3. The largest absolute Gasteiger partial charge is 0.383 e. The van der Waals surface area contributed by atoms with Crippen molar-refractivity contribution in [2.75, 3.05) is 32.8 Å². The third-order valence-corrected chi connectivity index (χ3v) is 7.27. The Kier molecular flexibility index (Phi) is 6.38. The molecule has 1 aromatic heterocycles. The molecule has 1 amide bonds. The number of aliphatic hydroxyl groups is 1. The summed E-state index contributed by atoms with van der Waals surface area (Å²) >= 11 is 0. The lowest BCUT2D eigenvalue weighted by molar-refractivity contribution is -0.231. The van der Waals surface area contributed by atoms with Crippen molar-refractivity contribution in [1.82, 2.24) is 15.0 Å². The number of likely N-dealkylation sites (tertiary alicyclic amines) is 1. The van der Waals surface area contributed by atoms with E-state index in [4.69, 9.17) is 9.26 Å². The Morgan fingerprint density at radius 3 is 2.42 bits per heavy atom. The molecule has 3 fully saturated rings. The fourth-order valence-corrected chi connectivity index (χ4v) is 6.53. The molecule has 0 bridgehead atoms. The lowest BCUT2D eigenvalue weighted by Crippen LogP contribution is -2.62. The zero-order chi connectivity index (χ0) is 24.1. The van der Waals surface area contributed by atoms with Gasteiger partial charge in [-0.15, -0.1) is 0 Å². The molecule has 1 aliphatic carbocycles. The Labute approximate surface area is 194 Å². The second-order valence-electron chi connectivity index (χ2n) is 11.7. The quantitative estimate of drug-likeness (QED) is 0.707. The number of morpholine rings is 1. The fraction of sp³-hybridized carbons (Fsp3) is 0.833. The summed E-state index contributed by atoms with van der Waals surface area (Å²) in [5.74, 6) is -4.55. The minimum absolute atomic E-state index is 0.117. The highest BCUT2D eigenvalue weighted by molar-refractivity contribution is 5.85. The summed E-state index contributed by atoms with van der Waals surface area (Å²) in [4.78, 5) is 16.6. The minimum Gasteiger partial charge on any atom is -0.383 e. The topological polar surface area (TPSA) is 79.0 Å². The average molecular weight is 470 g/mol. The number of hydrogen-bond acceptors (Lipinski definition) is 6. The zero-order valence-corrected chi connectivity index (χ0v) is 20.2. The number of halogens is 2. The number of nitrogens with zero attached hydrogens (tertiary/aromatic N) is 3. The van der Waals surface area contributed by atoms with Gasteiger partial charge in [0.1, 0.15) is 11.3 Å². The van der Waals surface area contributed by atoms with Crippen LogP contribution in [0.25, 0.3) is 0 Å². The number of amides is 1. The predicted octanol–water partition coefficient (Wildman–Crippen LogP) is 3.77. The van der Waals surface area contributed by atoms with Gasteiger partial charge in [0.25, 0.3) is 5.91 Å². The van der Waals surface area contributed by atoms with E-state index in [1.165, 1.54) is 4.90 Å². The van der Waals surface area contributed by atoms with Gasteiger partial charge in [0, 0.05) is 25.7 Å². The first kappa shape index (κ1) is 24.5. The van der Waals surface area contributed by atoms with Crippen LogP contribution < -0.4 is 0 Å². The van der Waals surface area contributed by atoms with Gasteiger partial charge in [0.05, 0.1) is 25.8 Å². The molecule has 33 heavy (non-hydrogen) atoms. The van der Waals surface area contributed by atoms with Crippen LogP contribution in [-0.2, 0) is 16.1 Å². The van der Waals surface area contributed by atoms with Crippen molar-refractivity contribution in [1.29, 1.82) is 0 Å². The summed E-state index contributed by atoms with van der Waals surface area (Å²) in [6.07, 6.45) is 1.63. The maximum Gasteiger partial charge on any atom is 0.352 e. The highest BCUT2D eigenvalue weighted by atomic mass is 19.3. The number of ether oxygens (including phenoxy) is 1. The number of alkyl halides is 2. The maximum absolute atomic E-state index is 15.7. The SMILES string of the molecule is CC1(C)CC(C)(C)CC(O)(C(F)(F)C(=O)N2CCC[C@H]2c2cc(CN3CCOCC3)on2)C1. The van der Waals surface area contributed by atoms with Crippen molar-refractivity contribution >= 4 is 5.91 Å². The molecule has 0 radical (unpaired) electrons. The van der Waals surface area contributed by atoms with Gasteiger partial charge in [0.15, 0.2) is 5.76 Å². The van der Waals surface area contributed by atoms with E-state index in [-0.39, 0.29) is 19.4 Å². The first-order valence-electron chi connectivity index (χ1n) is 12.0. The van der Waals surface area contributed by atoms with Crippen molar-refractivity contribution < 1.29 is 27.9 Å². The number of rotatable bonds is 5. The smallest absolute Gasteiger partial charge is 0.352 e. The van der Waals surface area contributed by atoms with Gasteiger partial charge >= 0.3 is 5.92 Å². The van der Waals surface area contributed by atoms with Gasteiger partial charge in [-0.05, 0) is 42.9 Å². The highest BCUT2D eigenvalue weighted by Gasteiger charge is 2.65. The average Bonchev–Trinajstić information content (AvgIpc) is 3.34. The number of carbonyl (C=O) groups excluding carboxylic acids is 1. The van der Waals surface area contributed by atoms with Crippen LogP contribution in [0.1, 0.15) is 77.3 Å². The molecule has 3 aliphatic rings. The van der Waals surface area contributed by atoms with Crippen molar-refractivity contribution in [2.45, 2.75) is 83.9 Å². The Bertz CT molecular complexity index is 848. The molecule has 1 aromatic rings. The standard InChI is InChI=1S/C24H37F2N3O4/c1-21(2)14-22(3,4)16-23(31,15-21)24(25,26)20(30)29-7-5-6-19(29)18-12-17(33-27-18)13-28-8-10-32-11-9-28/h12,19,31H,5-11,13-16H2,1-4H3/t19-/m0/s1. The molecular formula is C24H37F2N3O4. The Morgan fingerprint density at radius 2 is 1.79 bits per heavy atom. The molecule has 0 unspecified atom stereocenters. The Morgan fingerprint density at radius 1 is 1.15 bits per heavy atom. The summed E-state index contributed by atoms with van der Waals surface area (Å²) in [6, 6.07) is 1.20. The van der Waals surface area contributed by atoms with Gasteiger partial charge in [-0.1, -0.05) is 32.9 Å². The van der Waals surface area contributed by atoms with Crippen molar-refractivity contribution in [3.05, 3.63) is 17.5 Å². The normalized spacial score (nSPS) is 27.6. The number of aromatic nitrogens is 1. The van der Waals surface area contributed by atoms with Crippen LogP contribution >= 0.6 is 0 Å². The maximum atomic E-state index is 15.7. The summed E-state index contributed by atoms with van der Waals surface area (Å²) in [6.45, 7) is 11.2. The van der Waals surface area contributed by atoms with E-state index >= 15 is 8.78 Å². The van der Waals surface area contributed by atoms with Crippen LogP contribution in [0.4, 0.5) is 8.78 Å². The summed E-state index contributed by atoms with van der Waals surface area (Å²) < 4.78 is 42.3. The van der Waals surface area contributed by atoms with Crippen LogP contribution in [0, 0.1) is 10.8 Å². The van der Waals surface area contributed by atoms with Crippen LogP contribution in [0.3, 0.4) is 0 Å². The molecule has 3 heterocycles. The molecule has 1 N–H and O–H groups in total. The molecule has 186 valence electrons. The molecule has 9 heteroatoms. The molecule has 4 rings (SSSR count). The molecule has 0 aromatic carbocycles. The number of hydrogen-bond donors (Lipinski definition) is 1. The van der Waals surface area contributed by atoms with Crippen molar-refractivity contribution in [3.63, 3.8) is 0 Å². The summed E-state index contributed by atoms with van der Waals surface area (Å²) in [5.41, 5.74) is -2.87. The first-order valence-corrected chi connectivity index (χ1v) is 12.0. The lowest BCUT2D eigenvalue weighted by Gasteiger charge is -2.51. The van der Waals surface area contributed by atoms with Crippen LogP contribution in [0.5, 0.6) is 0 Å². The van der Waals surface area contributed by atoms with Gasteiger partial charge in [-0.3, -0.25) is 9.69 Å². The first-order chi connectivity index (χ1) is 15.3. The highest BCUT2D eigenvalue weighted by Crippen LogP contribution is 2.55. The third-order valence-electron chi connectivity index (χ3n) is 7.27. The van der Waals surface area contributed by atoms with E-state index in [0.717, 1.165) is 13.1 Å². The minimum atomic E-state index is -3.88. The van der Waals surface area contributed by atoms with E-state index in [2.05, 4.69) is 10.1 Å². The van der Waals surface area contributed by atoms with Gasteiger partial charge in [-0.2, -0.15) is 8.78 Å².